The summed E-state index contributed by atoms with van der Waals surface area (Å²) in [4.78, 5) is 37.9. The molecule has 57 heavy (non-hydrogen) atoms. The molecule has 0 aliphatic rings. The molecule has 0 spiro atoms. The maximum Gasteiger partial charge on any atom is 0.306 e. The number of hydrogen-bond acceptors (Lipinski definition) is 6. The highest BCUT2D eigenvalue weighted by atomic mass is 16.6. The quantitative estimate of drug-likeness (QED) is 0.0346. The van der Waals surface area contributed by atoms with E-state index in [9.17, 15) is 14.4 Å². The third kappa shape index (κ3) is 43.8. The average Bonchev–Trinajstić information content (AvgIpc) is 3.21. The van der Waals surface area contributed by atoms with E-state index in [1.54, 1.807) is 0 Å². The zero-order valence-corrected chi connectivity index (χ0v) is 38.8. The molecule has 0 saturated heterocycles. The van der Waals surface area contributed by atoms with Gasteiger partial charge in [-0.1, -0.05) is 246 Å². The van der Waals surface area contributed by atoms with Crippen molar-refractivity contribution in [2.45, 2.75) is 291 Å². The molecule has 6 nitrogen and oxygen atoms in total. The molecule has 0 saturated carbocycles. The maximum atomic E-state index is 12.8. The van der Waals surface area contributed by atoms with Crippen LogP contribution in [-0.2, 0) is 28.6 Å². The highest BCUT2D eigenvalue weighted by Gasteiger charge is 2.19. The van der Waals surface area contributed by atoms with Gasteiger partial charge in [-0.05, 0) is 25.2 Å². The second-order valence-corrected chi connectivity index (χ2v) is 17.7. The smallest absolute Gasteiger partial charge is 0.306 e. The van der Waals surface area contributed by atoms with E-state index >= 15 is 0 Å². The molecule has 0 N–H and O–H groups in total. The number of ether oxygens (including phenoxy) is 3. The third-order valence-electron chi connectivity index (χ3n) is 11.9. The molecule has 338 valence electrons. The molecule has 1 unspecified atom stereocenters. The van der Waals surface area contributed by atoms with Gasteiger partial charge >= 0.3 is 17.9 Å². The Hall–Kier alpha value is -1.59. The monoisotopic (exact) mass is 807 g/mol. The van der Waals surface area contributed by atoms with Crippen LogP contribution >= 0.6 is 0 Å². The molecule has 0 aliphatic carbocycles. The predicted molar refractivity (Wildman–Crippen MR) is 243 cm³/mol. The average molecular weight is 807 g/mol. The summed E-state index contributed by atoms with van der Waals surface area (Å²) in [5, 5.41) is 0. The van der Waals surface area contributed by atoms with Crippen molar-refractivity contribution >= 4 is 17.9 Å². The van der Waals surface area contributed by atoms with Crippen LogP contribution < -0.4 is 0 Å². The van der Waals surface area contributed by atoms with Crippen LogP contribution in [0.1, 0.15) is 285 Å². The van der Waals surface area contributed by atoms with Crippen LogP contribution in [0.4, 0.5) is 0 Å². The van der Waals surface area contributed by atoms with E-state index in [0.717, 1.165) is 63.7 Å². The maximum absolute atomic E-state index is 12.8. The zero-order valence-electron chi connectivity index (χ0n) is 38.8. The number of unbranched alkanes of at least 4 members (excludes halogenated alkanes) is 32. The molecule has 0 heterocycles. The van der Waals surface area contributed by atoms with Crippen LogP contribution in [-0.4, -0.2) is 37.2 Å². The summed E-state index contributed by atoms with van der Waals surface area (Å²) in [7, 11) is 0. The van der Waals surface area contributed by atoms with Crippen molar-refractivity contribution in [1.82, 2.24) is 0 Å². The van der Waals surface area contributed by atoms with Gasteiger partial charge in [0.2, 0.25) is 0 Å². The highest BCUT2D eigenvalue weighted by Crippen LogP contribution is 2.17. The fourth-order valence-electron chi connectivity index (χ4n) is 7.66. The van der Waals surface area contributed by atoms with E-state index in [4.69, 9.17) is 14.2 Å². The minimum absolute atomic E-state index is 0.0633. The summed E-state index contributed by atoms with van der Waals surface area (Å²) in [6.07, 6.45) is 46.5. The Morgan fingerprint density at radius 1 is 0.351 bits per heavy atom. The largest absolute Gasteiger partial charge is 0.462 e. The fourth-order valence-corrected chi connectivity index (χ4v) is 7.66. The lowest BCUT2D eigenvalue weighted by Gasteiger charge is -2.18. The van der Waals surface area contributed by atoms with Crippen molar-refractivity contribution in [3.63, 3.8) is 0 Å². The standard InChI is InChI=1S/C51H98O6/c1-5-8-10-12-14-16-18-19-20-21-22-24-26-32-36-40-44-51(54)57-48(45-55-49(52)42-38-34-30-25-23-17-15-13-11-9-6-2)46-56-50(53)43-39-35-31-28-27-29-33-37-41-47(4)7-3/h47-48H,5-46H2,1-4H3/t47?,48-/m0/s1. The van der Waals surface area contributed by atoms with Gasteiger partial charge < -0.3 is 14.2 Å². The summed E-state index contributed by atoms with van der Waals surface area (Å²) in [5.41, 5.74) is 0. The molecule has 0 aromatic carbocycles. The van der Waals surface area contributed by atoms with Gasteiger partial charge in [-0.3, -0.25) is 14.4 Å². The lowest BCUT2D eigenvalue weighted by molar-refractivity contribution is -0.167. The van der Waals surface area contributed by atoms with Gasteiger partial charge in [0.05, 0.1) is 0 Å². The van der Waals surface area contributed by atoms with Gasteiger partial charge in [-0.15, -0.1) is 0 Å². The van der Waals surface area contributed by atoms with E-state index in [1.165, 1.54) is 180 Å². The summed E-state index contributed by atoms with van der Waals surface area (Å²) < 4.78 is 16.8. The first-order chi connectivity index (χ1) is 27.9. The molecule has 0 rings (SSSR count). The predicted octanol–water partition coefficient (Wildman–Crippen LogP) is 16.3. The zero-order chi connectivity index (χ0) is 41.7. The summed E-state index contributed by atoms with van der Waals surface area (Å²) in [6, 6.07) is 0. The second-order valence-electron chi connectivity index (χ2n) is 17.7. The Morgan fingerprint density at radius 2 is 0.614 bits per heavy atom. The molecule has 0 aromatic rings. The molecule has 0 aromatic heterocycles. The minimum Gasteiger partial charge on any atom is -0.462 e. The first-order valence-corrected chi connectivity index (χ1v) is 25.4. The van der Waals surface area contributed by atoms with Gasteiger partial charge in [-0.25, -0.2) is 0 Å². The number of carbonyl (C=O) groups is 3. The fraction of sp³-hybridized carbons (Fsp3) is 0.941. The van der Waals surface area contributed by atoms with Gasteiger partial charge in [0.25, 0.3) is 0 Å². The molecule has 0 fully saturated rings. The summed E-state index contributed by atoms with van der Waals surface area (Å²) in [6.45, 7) is 9.02. The topological polar surface area (TPSA) is 78.9 Å². The van der Waals surface area contributed by atoms with Crippen molar-refractivity contribution in [3.8, 4) is 0 Å². The molecule has 0 bridgehead atoms. The Kier molecular flexibility index (Phi) is 44.2. The van der Waals surface area contributed by atoms with Crippen molar-refractivity contribution in [1.29, 1.82) is 0 Å². The molecule has 6 heteroatoms. The van der Waals surface area contributed by atoms with Crippen LogP contribution in [0.3, 0.4) is 0 Å². The van der Waals surface area contributed by atoms with Gasteiger partial charge in [-0.2, -0.15) is 0 Å². The number of rotatable bonds is 46. The molecule has 0 amide bonds. The Balaban J connectivity index is 4.31. The summed E-state index contributed by atoms with van der Waals surface area (Å²) >= 11 is 0. The van der Waals surface area contributed by atoms with Crippen LogP contribution in [0.25, 0.3) is 0 Å². The van der Waals surface area contributed by atoms with Crippen LogP contribution in [0.15, 0.2) is 0 Å². The normalized spacial score (nSPS) is 12.4. The molecule has 0 radical (unpaired) electrons. The van der Waals surface area contributed by atoms with E-state index in [2.05, 4.69) is 27.7 Å². The molecular formula is C51H98O6. The summed E-state index contributed by atoms with van der Waals surface area (Å²) in [5.74, 6) is 0.000198. The van der Waals surface area contributed by atoms with Crippen molar-refractivity contribution in [2.24, 2.45) is 5.92 Å². The van der Waals surface area contributed by atoms with Crippen LogP contribution in [0.2, 0.25) is 0 Å². The van der Waals surface area contributed by atoms with E-state index < -0.39 is 6.10 Å². The highest BCUT2D eigenvalue weighted by molar-refractivity contribution is 5.71. The Labute approximate surface area is 355 Å². The molecular weight excluding hydrogens is 709 g/mol. The lowest BCUT2D eigenvalue weighted by atomic mass is 9.99. The van der Waals surface area contributed by atoms with Gasteiger partial charge in [0.1, 0.15) is 13.2 Å². The van der Waals surface area contributed by atoms with Crippen molar-refractivity contribution < 1.29 is 28.6 Å². The third-order valence-corrected chi connectivity index (χ3v) is 11.9. The first-order valence-electron chi connectivity index (χ1n) is 25.4. The number of hydrogen-bond donors (Lipinski definition) is 0. The van der Waals surface area contributed by atoms with Gasteiger partial charge in [0.15, 0.2) is 6.10 Å². The van der Waals surface area contributed by atoms with E-state index in [0.29, 0.717) is 19.3 Å². The molecule has 2 atom stereocenters. The van der Waals surface area contributed by atoms with Gasteiger partial charge in [0, 0.05) is 19.3 Å². The van der Waals surface area contributed by atoms with E-state index in [1.807, 2.05) is 0 Å². The van der Waals surface area contributed by atoms with Crippen molar-refractivity contribution in [2.75, 3.05) is 13.2 Å². The minimum atomic E-state index is -0.760. The molecule has 0 aliphatic heterocycles. The van der Waals surface area contributed by atoms with Crippen LogP contribution in [0, 0.1) is 5.92 Å². The second kappa shape index (κ2) is 45.5. The lowest BCUT2D eigenvalue weighted by Crippen LogP contribution is -2.30. The first kappa shape index (κ1) is 55.4. The van der Waals surface area contributed by atoms with Crippen LogP contribution in [0.5, 0.6) is 0 Å². The Morgan fingerprint density at radius 3 is 0.912 bits per heavy atom. The van der Waals surface area contributed by atoms with E-state index in [-0.39, 0.29) is 31.1 Å². The SMILES string of the molecule is CCCCCCCCCCCCCCCCCCC(=O)O[C@@H](COC(=O)CCCCCCCCCCCCC)COC(=O)CCCCCCCCCCC(C)CC. The number of esters is 3. The number of carbonyl (C=O) groups excluding carboxylic acids is 3. The Bertz CT molecular complexity index is 859. The van der Waals surface area contributed by atoms with Crippen molar-refractivity contribution in [3.05, 3.63) is 0 Å².